The SMILES string of the molecule is Cl.Cl.Nc1nc2ccccc2n1Cc1ccc(F)cc1. The van der Waals surface area contributed by atoms with Crippen LogP contribution in [-0.4, -0.2) is 9.55 Å². The molecule has 0 aliphatic heterocycles. The molecule has 0 atom stereocenters. The Hall–Kier alpha value is -1.78. The van der Waals surface area contributed by atoms with Crippen LogP contribution in [0.25, 0.3) is 11.0 Å². The summed E-state index contributed by atoms with van der Waals surface area (Å²) in [5.41, 5.74) is 8.76. The minimum atomic E-state index is -0.234. The van der Waals surface area contributed by atoms with Gasteiger partial charge in [-0.15, -0.1) is 24.8 Å². The molecule has 3 aromatic rings. The minimum Gasteiger partial charge on any atom is -0.369 e. The van der Waals surface area contributed by atoms with E-state index in [0.29, 0.717) is 12.5 Å². The fraction of sp³-hybridized carbons (Fsp3) is 0.0714. The van der Waals surface area contributed by atoms with E-state index < -0.39 is 0 Å². The molecule has 0 fully saturated rings. The number of halogens is 3. The first-order chi connectivity index (χ1) is 8.74. The highest BCUT2D eigenvalue weighted by Gasteiger charge is 2.07. The Bertz CT molecular complexity index is 695. The van der Waals surface area contributed by atoms with E-state index in [4.69, 9.17) is 5.73 Å². The topological polar surface area (TPSA) is 43.8 Å². The van der Waals surface area contributed by atoms with Gasteiger partial charge in [0.2, 0.25) is 5.95 Å². The normalized spacial score (nSPS) is 9.85. The number of hydrogen-bond acceptors (Lipinski definition) is 2. The van der Waals surface area contributed by atoms with Crippen LogP contribution in [0, 0.1) is 5.82 Å². The third-order valence-corrected chi connectivity index (χ3v) is 2.94. The van der Waals surface area contributed by atoms with Crippen molar-refractivity contribution in [3.8, 4) is 0 Å². The van der Waals surface area contributed by atoms with Crippen molar-refractivity contribution >= 4 is 41.8 Å². The molecule has 20 heavy (non-hydrogen) atoms. The van der Waals surface area contributed by atoms with Crippen LogP contribution in [0.15, 0.2) is 48.5 Å². The molecule has 0 aliphatic carbocycles. The molecule has 0 unspecified atom stereocenters. The van der Waals surface area contributed by atoms with Gasteiger partial charge >= 0.3 is 0 Å². The summed E-state index contributed by atoms with van der Waals surface area (Å²) in [7, 11) is 0. The fourth-order valence-corrected chi connectivity index (χ4v) is 2.03. The molecule has 0 saturated carbocycles. The largest absolute Gasteiger partial charge is 0.369 e. The van der Waals surface area contributed by atoms with E-state index in [9.17, 15) is 4.39 Å². The van der Waals surface area contributed by atoms with E-state index in [1.165, 1.54) is 12.1 Å². The monoisotopic (exact) mass is 313 g/mol. The van der Waals surface area contributed by atoms with Crippen molar-refractivity contribution in [3.63, 3.8) is 0 Å². The van der Waals surface area contributed by atoms with Gasteiger partial charge in [0.05, 0.1) is 17.6 Å². The minimum absolute atomic E-state index is 0. The van der Waals surface area contributed by atoms with E-state index in [1.807, 2.05) is 28.8 Å². The zero-order valence-electron chi connectivity index (χ0n) is 10.5. The number of nitrogens with two attached hydrogens (primary N) is 1. The Morgan fingerprint density at radius 2 is 1.65 bits per heavy atom. The Kier molecular flexibility index (Phi) is 5.36. The van der Waals surface area contributed by atoms with Crippen LogP contribution in [0.4, 0.5) is 10.3 Å². The lowest BCUT2D eigenvalue weighted by atomic mass is 10.2. The van der Waals surface area contributed by atoms with Crippen molar-refractivity contribution in [3.05, 3.63) is 59.9 Å². The van der Waals surface area contributed by atoms with E-state index >= 15 is 0 Å². The fourth-order valence-electron chi connectivity index (χ4n) is 2.03. The molecule has 0 bridgehead atoms. The molecule has 0 saturated heterocycles. The number of hydrogen-bond donors (Lipinski definition) is 1. The van der Waals surface area contributed by atoms with Gasteiger partial charge < -0.3 is 10.3 Å². The number of nitrogens with zero attached hydrogens (tertiary/aromatic N) is 2. The second-order valence-corrected chi connectivity index (χ2v) is 4.17. The summed E-state index contributed by atoms with van der Waals surface area (Å²) >= 11 is 0. The van der Waals surface area contributed by atoms with Gasteiger partial charge in [0.25, 0.3) is 0 Å². The molecule has 106 valence electrons. The molecule has 2 N–H and O–H groups in total. The summed E-state index contributed by atoms with van der Waals surface area (Å²) in [6, 6.07) is 14.2. The first-order valence-electron chi connectivity index (χ1n) is 5.69. The van der Waals surface area contributed by atoms with E-state index in [2.05, 4.69) is 4.98 Å². The van der Waals surface area contributed by atoms with Crippen LogP contribution in [0.5, 0.6) is 0 Å². The molecule has 0 aliphatic rings. The smallest absolute Gasteiger partial charge is 0.201 e. The molecular weight excluding hydrogens is 300 g/mol. The second-order valence-electron chi connectivity index (χ2n) is 4.17. The summed E-state index contributed by atoms with van der Waals surface area (Å²) in [4.78, 5) is 4.29. The number of fused-ring (bicyclic) bond motifs is 1. The average Bonchev–Trinajstić information content (AvgIpc) is 2.69. The van der Waals surface area contributed by atoms with E-state index in [0.717, 1.165) is 16.6 Å². The predicted molar refractivity (Wildman–Crippen MR) is 84.1 cm³/mol. The maximum atomic E-state index is 12.9. The highest BCUT2D eigenvalue weighted by Crippen LogP contribution is 2.19. The lowest BCUT2D eigenvalue weighted by Gasteiger charge is -2.06. The molecule has 3 nitrogen and oxygen atoms in total. The van der Waals surface area contributed by atoms with Crippen molar-refractivity contribution in [2.75, 3.05) is 5.73 Å². The van der Waals surface area contributed by atoms with Gasteiger partial charge in [0.1, 0.15) is 5.82 Å². The van der Waals surface area contributed by atoms with Gasteiger partial charge in [-0.05, 0) is 29.8 Å². The van der Waals surface area contributed by atoms with Crippen LogP contribution < -0.4 is 5.73 Å². The lowest BCUT2D eigenvalue weighted by Crippen LogP contribution is -2.04. The van der Waals surface area contributed by atoms with E-state index in [1.54, 1.807) is 12.1 Å². The van der Waals surface area contributed by atoms with Gasteiger partial charge in [-0.25, -0.2) is 9.37 Å². The first kappa shape index (κ1) is 16.3. The third kappa shape index (κ3) is 3.03. The second kappa shape index (κ2) is 6.59. The van der Waals surface area contributed by atoms with Crippen molar-refractivity contribution in [1.29, 1.82) is 0 Å². The predicted octanol–water partition coefficient (Wildman–Crippen LogP) is 3.65. The standard InChI is InChI=1S/C14H12FN3.2ClH/c15-11-7-5-10(6-8-11)9-18-13-4-2-1-3-12(13)17-14(18)16;;/h1-8H,9H2,(H2,16,17);2*1H. The van der Waals surface area contributed by atoms with Crippen molar-refractivity contribution < 1.29 is 4.39 Å². The van der Waals surface area contributed by atoms with Gasteiger partial charge in [0, 0.05) is 0 Å². The zero-order chi connectivity index (χ0) is 12.5. The molecule has 0 radical (unpaired) electrons. The quantitative estimate of drug-likeness (QED) is 0.784. The lowest BCUT2D eigenvalue weighted by molar-refractivity contribution is 0.626. The van der Waals surface area contributed by atoms with Crippen LogP contribution >= 0.6 is 24.8 Å². The molecule has 0 amide bonds. The number of benzene rings is 2. The number of aromatic nitrogens is 2. The highest BCUT2D eigenvalue weighted by atomic mass is 35.5. The summed E-state index contributed by atoms with van der Waals surface area (Å²) in [6.07, 6.45) is 0. The Morgan fingerprint density at radius 1 is 1.00 bits per heavy atom. The average molecular weight is 314 g/mol. The van der Waals surface area contributed by atoms with Crippen molar-refractivity contribution in [2.24, 2.45) is 0 Å². The number of rotatable bonds is 2. The summed E-state index contributed by atoms with van der Waals surface area (Å²) < 4.78 is 14.8. The van der Waals surface area contributed by atoms with Gasteiger partial charge in [-0.1, -0.05) is 24.3 Å². The summed E-state index contributed by atoms with van der Waals surface area (Å²) in [5.74, 6) is 0.239. The van der Waals surface area contributed by atoms with Crippen LogP contribution in [-0.2, 0) is 6.54 Å². The molecular formula is C14H14Cl2FN3. The maximum Gasteiger partial charge on any atom is 0.201 e. The van der Waals surface area contributed by atoms with Crippen molar-refractivity contribution in [1.82, 2.24) is 9.55 Å². The Balaban J connectivity index is 0.000001000. The molecule has 2 aromatic carbocycles. The molecule has 6 heteroatoms. The molecule has 1 aromatic heterocycles. The van der Waals surface area contributed by atoms with Crippen molar-refractivity contribution in [2.45, 2.75) is 6.54 Å². The Morgan fingerprint density at radius 3 is 2.35 bits per heavy atom. The summed E-state index contributed by atoms with van der Waals surface area (Å²) in [6.45, 7) is 0.590. The first-order valence-corrected chi connectivity index (χ1v) is 5.69. The van der Waals surface area contributed by atoms with Crippen LogP contribution in [0.2, 0.25) is 0 Å². The van der Waals surface area contributed by atoms with Crippen LogP contribution in [0.1, 0.15) is 5.56 Å². The number of imidazole rings is 1. The Labute approximate surface area is 128 Å². The highest BCUT2D eigenvalue weighted by molar-refractivity contribution is 5.85. The van der Waals surface area contributed by atoms with Gasteiger partial charge in [0.15, 0.2) is 0 Å². The van der Waals surface area contributed by atoms with E-state index in [-0.39, 0.29) is 30.6 Å². The zero-order valence-corrected chi connectivity index (χ0v) is 12.1. The van der Waals surface area contributed by atoms with Crippen LogP contribution in [0.3, 0.4) is 0 Å². The third-order valence-electron chi connectivity index (χ3n) is 2.94. The number of anilines is 1. The summed E-state index contributed by atoms with van der Waals surface area (Å²) in [5, 5.41) is 0. The number of para-hydroxylation sites is 2. The van der Waals surface area contributed by atoms with Gasteiger partial charge in [-0.2, -0.15) is 0 Å². The maximum absolute atomic E-state index is 12.9. The molecule has 0 spiro atoms. The molecule has 3 rings (SSSR count). The van der Waals surface area contributed by atoms with Gasteiger partial charge in [-0.3, -0.25) is 0 Å². The molecule has 1 heterocycles. The number of nitrogen functional groups attached to an aromatic ring is 1.